The molecule has 0 bridgehead atoms. The summed E-state index contributed by atoms with van der Waals surface area (Å²) in [5, 5.41) is 1.42. The third-order valence-electron chi connectivity index (χ3n) is 10.7. The monoisotopic (exact) mass is 448 g/mol. The predicted molar refractivity (Wildman–Crippen MR) is 138 cm³/mol. The minimum absolute atomic E-state index is 0.401. The van der Waals surface area contributed by atoms with Crippen molar-refractivity contribution < 1.29 is 4.43 Å². The van der Waals surface area contributed by atoms with Crippen LogP contribution in [0.2, 0.25) is 13.1 Å². The van der Waals surface area contributed by atoms with Gasteiger partial charge >= 0.3 is 0 Å². The number of hydrogen-bond acceptors (Lipinski definition) is 1. The molecule has 0 heterocycles. The molecule has 0 spiro atoms. The van der Waals surface area contributed by atoms with Gasteiger partial charge in [-0.15, -0.1) is 0 Å². The molecule has 1 nitrogen and oxygen atoms in total. The second-order valence-corrected chi connectivity index (χ2v) is 16.3. The van der Waals surface area contributed by atoms with Gasteiger partial charge in [0.2, 0.25) is 8.32 Å². The van der Waals surface area contributed by atoms with E-state index >= 15 is 0 Å². The normalized spacial score (nSPS) is 43.0. The van der Waals surface area contributed by atoms with Gasteiger partial charge in [0.25, 0.3) is 0 Å². The van der Waals surface area contributed by atoms with Crippen LogP contribution in [0.15, 0.2) is 54.1 Å². The molecule has 0 saturated heterocycles. The van der Waals surface area contributed by atoms with E-state index in [-0.39, 0.29) is 0 Å². The number of fused-ring (bicyclic) bond motifs is 5. The molecule has 0 amide bonds. The fourth-order valence-electron chi connectivity index (χ4n) is 8.96. The van der Waals surface area contributed by atoms with E-state index in [1.807, 2.05) is 0 Å². The fourth-order valence-corrected chi connectivity index (χ4v) is 11.1. The third-order valence-corrected chi connectivity index (χ3v) is 13.3. The van der Waals surface area contributed by atoms with Crippen molar-refractivity contribution in [3.8, 4) is 0 Å². The minimum Gasteiger partial charge on any atom is -0.410 e. The van der Waals surface area contributed by atoms with Crippen molar-refractivity contribution in [2.24, 2.45) is 34.5 Å². The summed E-state index contributed by atoms with van der Waals surface area (Å²) in [5.41, 5.74) is 4.20. The molecule has 7 atom stereocenters. The standard InChI is InChI=1S/C30H44OSi/c1-7-22-13-14-26-25-19-21(2)28-20-23(31-32(5,6)24-11-9-8-10-12-24)15-17-30(28,4)27(25)16-18-29(22,26)3/h7-12,23,25-28H,2,13-20H2,1,3-6H3/b22-7-/t23-,25-,26-,27-,28+,29+,30+/m0/s1. The van der Waals surface area contributed by atoms with Crippen molar-refractivity contribution >= 4 is 13.5 Å². The smallest absolute Gasteiger partial charge is 0.218 e. The zero-order valence-corrected chi connectivity index (χ0v) is 22.1. The van der Waals surface area contributed by atoms with Crippen LogP contribution in [0.1, 0.15) is 72.1 Å². The number of allylic oxidation sites excluding steroid dienone is 3. The third kappa shape index (κ3) is 3.43. The van der Waals surface area contributed by atoms with Gasteiger partial charge in [-0.3, -0.25) is 0 Å². The summed E-state index contributed by atoms with van der Waals surface area (Å²) >= 11 is 0. The summed E-state index contributed by atoms with van der Waals surface area (Å²) in [5.74, 6) is 3.26. The Morgan fingerprint density at radius 3 is 2.50 bits per heavy atom. The molecule has 174 valence electrons. The molecule has 32 heavy (non-hydrogen) atoms. The Morgan fingerprint density at radius 2 is 1.78 bits per heavy atom. The molecule has 0 unspecified atom stereocenters. The van der Waals surface area contributed by atoms with Crippen LogP contribution >= 0.6 is 0 Å². The number of rotatable bonds is 3. The van der Waals surface area contributed by atoms with E-state index in [0.29, 0.717) is 22.9 Å². The van der Waals surface area contributed by atoms with E-state index in [4.69, 9.17) is 11.0 Å². The molecule has 2 heteroatoms. The second-order valence-electron chi connectivity index (χ2n) is 12.5. The molecule has 0 radical (unpaired) electrons. The van der Waals surface area contributed by atoms with Crippen molar-refractivity contribution in [3.05, 3.63) is 54.1 Å². The zero-order chi connectivity index (χ0) is 22.7. The largest absolute Gasteiger partial charge is 0.410 e. The summed E-state index contributed by atoms with van der Waals surface area (Å²) in [7, 11) is -1.88. The maximum atomic E-state index is 6.95. The molecule has 1 aromatic carbocycles. The van der Waals surface area contributed by atoms with Crippen molar-refractivity contribution in [2.45, 2.75) is 91.3 Å². The molecular formula is C30H44OSi. The first-order valence-corrected chi connectivity index (χ1v) is 16.2. The maximum Gasteiger partial charge on any atom is 0.218 e. The lowest BCUT2D eigenvalue weighted by Crippen LogP contribution is -2.55. The topological polar surface area (TPSA) is 9.23 Å². The molecule has 4 aliphatic rings. The van der Waals surface area contributed by atoms with Gasteiger partial charge in [-0.1, -0.05) is 68.0 Å². The molecule has 1 aromatic rings. The lowest BCUT2D eigenvalue weighted by molar-refractivity contribution is -0.0904. The van der Waals surface area contributed by atoms with Crippen LogP contribution in [0.25, 0.3) is 0 Å². The van der Waals surface area contributed by atoms with Crippen LogP contribution in [0.3, 0.4) is 0 Å². The summed E-state index contributed by atoms with van der Waals surface area (Å²) in [6, 6.07) is 11.0. The van der Waals surface area contributed by atoms with Gasteiger partial charge in [-0.25, -0.2) is 0 Å². The van der Waals surface area contributed by atoms with Gasteiger partial charge in [0.1, 0.15) is 0 Å². The van der Waals surface area contributed by atoms with Crippen LogP contribution < -0.4 is 5.19 Å². The molecule has 0 aromatic heterocycles. The minimum atomic E-state index is -1.88. The van der Waals surface area contributed by atoms with Gasteiger partial charge < -0.3 is 4.43 Å². The maximum absolute atomic E-state index is 6.95. The van der Waals surface area contributed by atoms with Crippen molar-refractivity contribution in [1.82, 2.24) is 0 Å². The van der Waals surface area contributed by atoms with E-state index in [9.17, 15) is 0 Å². The van der Waals surface area contributed by atoms with Crippen molar-refractivity contribution in [1.29, 1.82) is 0 Å². The highest BCUT2D eigenvalue weighted by atomic mass is 28.4. The summed E-state index contributed by atoms with van der Waals surface area (Å²) in [6.07, 6.45) is 13.4. The highest BCUT2D eigenvalue weighted by Gasteiger charge is 2.60. The van der Waals surface area contributed by atoms with Crippen LogP contribution in [0.5, 0.6) is 0 Å². The average molecular weight is 449 g/mol. The Kier molecular flexibility index (Phi) is 5.65. The zero-order valence-electron chi connectivity index (χ0n) is 21.1. The van der Waals surface area contributed by atoms with Gasteiger partial charge in [0.15, 0.2) is 0 Å². The Labute approximate surface area is 197 Å². The quantitative estimate of drug-likeness (QED) is 0.341. The molecule has 4 aliphatic carbocycles. The summed E-state index contributed by atoms with van der Waals surface area (Å²) < 4.78 is 6.95. The Bertz CT molecular complexity index is 901. The van der Waals surface area contributed by atoms with Crippen LogP contribution in [0.4, 0.5) is 0 Å². The van der Waals surface area contributed by atoms with E-state index in [1.165, 1.54) is 56.6 Å². The molecule has 0 aliphatic heterocycles. The highest BCUT2D eigenvalue weighted by Crippen LogP contribution is 2.68. The first-order chi connectivity index (χ1) is 15.2. The SMILES string of the molecule is C=C1C[C@@H]2[C@H](CC[C@]3(C)/C(=C\C)CC[C@@H]23)[C@@]2(C)CC[C@H](O[Si](C)(C)c3ccccc3)C[C@H]12. The van der Waals surface area contributed by atoms with Crippen LogP contribution in [-0.2, 0) is 4.43 Å². The predicted octanol–water partition coefficient (Wildman–Crippen LogP) is 7.64. The molecular weight excluding hydrogens is 404 g/mol. The molecule has 0 N–H and O–H groups in total. The van der Waals surface area contributed by atoms with Crippen molar-refractivity contribution in [2.75, 3.05) is 0 Å². The van der Waals surface area contributed by atoms with Crippen molar-refractivity contribution in [3.63, 3.8) is 0 Å². The molecule has 4 saturated carbocycles. The average Bonchev–Trinajstić information content (AvgIpc) is 3.12. The highest BCUT2D eigenvalue weighted by molar-refractivity contribution is 6.84. The van der Waals surface area contributed by atoms with E-state index in [2.05, 4.69) is 70.3 Å². The van der Waals surface area contributed by atoms with Gasteiger partial charge in [-0.05, 0) is 111 Å². The first kappa shape index (κ1) is 22.7. The lowest BCUT2D eigenvalue weighted by atomic mass is 9.44. The van der Waals surface area contributed by atoms with E-state index in [0.717, 1.165) is 17.8 Å². The van der Waals surface area contributed by atoms with E-state index in [1.54, 1.807) is 11.1 Å². The van der Waals surface area contributed by atoms with Gasteiger partial charge in [-0.2, -0.15) is 0 Å². The van der Waals surface area contributed by atoms with Crippen LogP contribution in [0, 0.1) is 34.5 Å². The van der Waals surface area contributed by atoms with E-state index < -0.39 is 8.32 Å². The second kappa shape index (κ2) is 7.98. The molecule has 5 rings (SSSR count). The lowest BCUT2D eigenvalue weighted by Gasteiger charge is -2.61. The number of benzene rings is 1. The molecule has 4 fully saturated rings. The summed E-state index contributed by atoms with van der Waals surface area (Å²) in [6.45, 7) is 17.0. The van der Waals surface area contributed by atoms with Crippen LogP contribution in [-0.4, -0.2) is 14.4 Å². The number of hydrogen-bond donors (Lipinski definition) is 0. The summed E-state index contributed by atoms with van der Waals surface area (Å²) in [4.78, 5) is 0. The fraction of sp³-hybridized carbons (Fsp3) is 0.667. The first-order valence-electron chi connectivity index (χ1n) is 13.3. The van der Waals surface area contributed by atoms with Gasteiger partial charge in [0.05, 0.1) is 0 Å². The Hall–Kier alpha value is -1.12. The Morgan fingerprint density at radius 1 is 1.03 bits per heavy atom. The van der Waals surface area contributed by atoms with Gasteiger partial charge in [0, 0.05) is 6.10 Å². The Balaban J connectivity index is 1.35.